The van der Waals surface area contributed by atoms with Crippen LogP contribution in [0, 0.1) is 13.8 Å². The monoisotopic (exact) mass is 256 g/mol. The van der Waals surface area contributed by atoms with Gasteiger partial charge in [-0.15, -0.1) is 0 Å². The summed E-state index contributed by atoms with van der Waals surface area (Å²) in [6, 6.07) is 10.8. The highest BCUT2D eigenvalue weighted by atomic mass is 16.3. The summed E-state index contributed by atoms with van der Waals surface area (Å²) in [7, 11) is 0. The molecule has 19 heavy (non-hydrogen) atoms. The van der Waals surface area contributed by atoms with Gasteiger partial charge in [0, 0.05) is 5.56 Å². The average molecular weight is 256 g/mol. The summed E-state index contributed by atoms with van der Waals surface area (Å²) in [5.74, 6) is 0.0631. The van der Waals surface area contributed by atoms with Crippen molar-refractivity contribution in [2.24, 2.45) is 10.2 Å². The van der Waals surface area contributed by atoms with Crippen LogP contribution in [0.15, 0.2) is 46.6 Å². The lowest BCUT2D eigenvalue weighted by Gasteiger charge is -2.02. The van der Waals surface area contributed by atoms with Crippen LogP contribution in [-0.4, -0.2) is 10.2 Å². The SMILES string of the molecule is Cc1ccc(C)c(N=Nc2ccc(O)c(CO)c2)c1. The number of rotatable bonds is 3. The lowest BCUT2D eigenvalue weighted by molar-refractivity contribution is 0.275. The summed E-state index contributed by atoms with van der Waals surface area (Å²) in [6.45, 7) is 3.76. The molecule has 0 unspecified atom stereocenters. The van der Waals surface area contributed by atoms with Gasteiger partial charge < -0.3 is 10.2 Å². The standard InChI is InChI=1S/C15H16N2O2/c1-10-3-4-11(2)14(7-10)17-16-13-5-6-15(19)12(8-13)9-18/h3-8,18-19H,9H2,1-2H3. The Hall–Kier alpha value is -2.20. The highest BCUT2D eigenvalue weighted by Crippen LogP contribution is 2.26. The number of hydrogen-bond acceptors (Lipinski definition) is 4. The van der Waals surface area contributed by atoms with Crippen LogP contribution in [0.5, 0.6) is 5.75 Å². The summed E-state index contributed by atoms with van der Waals surface area (Å²) in [6.07, 6.45) is 0. The molecule has 0 fully saturated rings. The molecule has 0 heterocycles. The fourth-order valence-corrected chi connectivity index (χ4v) is 1.70. The minimum absolute atomic E-state index is 0.0631. The van der Waals surface area contributed by atoms with Crippen molar-refractivity contribution in [3.63, 3.8) is 0 Å². The molecule has 0 aliphatic heterocycles. The van der Waals surface area contributed by atoms with Crippen molar-refractivity contribution in [1.82, 2.24) is 0 Å². The fraction of sp³-hybridized carbons (Fsp3) is 0.200. The first-order chi connectivity index (χ1) is 9.10. The molecule has 2 rings (SSSR count). The summed E-state index contributed by atoms with van der Waals surface area (Å²) < 4.78 is 0. The second-order valence-corrected chi connectivity index (χ2v) is 4.46. The largest absolute Gasteiger partial charge is 0.508 e. The van der Waals surface area contributed by atoms with Crippen LogP contribution in [-0.2, 0) is 6.61 Å². The molecule has 0 radical (unpaired) electrons. The smallest absolute Gasteiger partial charge is 0.121 e. The first-order valence-electron chi connectivity index (χ1n) is 6.02. The Morgan fingerprint density at radius 1 is 1.00 bits per heavy atom. The van der Waals surface area contributed by atoms with E-state index in [1.807, 2.05) is 32.0 Å². The third-order valence-electron chi connectivity index (χ3n) is 2.87. The Balaban J connectivity index is 2.29. The first-order valence-corrected chi connectivity index (χ1v) is 6.02. The van der Waals surface area contributed by atoms with Crippen molar-refractivity contribution in [2.45, 2.75) is 20.5 Å². The molecule has 0 saturated heterocycles. The number of aliphatic hydroxyl groups is 1. The Morgan fingerprint density at radius 2 is 1.79 bits per heavy atom. The van der Waals surface area contributed by atoms with Crippen LogP contribution in [0.2, 0.25) is 0 Å². The Kier molecular flexibility index (Phi) is 3.92. The van der Waals surface area contributed by atoms with Crippen LogP contribution >= 0.6 is 0 Å². The number of hydrogen-bond donors (Lipinski definition) is 2. The van der Waals surface area contributed by atoms with E-state index >= 15 is 0 Å². The van der Waals surface area contributed by atoms with Gasteiger partial charge in [0.25, 0.3) is 0 Å². The number of benzene rings is 2. The average Bonchev–Trinajstić information content (AvgIpc) is 2.41. The zero-order chi connectivity index (χ0) is 13.8. The molecule has 2 aromatic rings. The zero-order valence-corrected chi connectivity index (χ0v) is 11.0. The number of azo groups is 1. The van der Waals surface area contributed by atoms with Gasteiger partial charge in [-0.25, -0.2) is 0 Å². The van der Waals surface area contributed by atoms with Gasteiger partial charge in [-0.05, 0) is 49.2 Å². The molecular weight excluding hydrogens is 240 g/mol. The molecule has 2 N–H and O–H groups in total. The van der Waals surface area contributed by atoms with Gasteiger partial charge in [0.15, 0.2) is 0 Å². The number of nitrogens with zero attached hydrogens (tertiary/aromatic N) is 2. The molecule has 0 saturated carbocycles. The van der Waals surface area contributed by atoms with Crippen molar-refractivity contribution < 1.29 is 10.2 Å². The molecule has 0 bridgehead atoms. The zero-order valence-electron chi connectivity index (χ0n) is 11.0. The van der Waals surface area contributed by atoms with Crippen LogP contribution in [0.4, 0.5) is 11.4 Å². The van der Waals surface area contributed by atoms with Crippen molar-refractivity contribution in [2.75, 3.05) is 0 Å². The quantitative estimate of drug-likeness (QED) is 0.817. The maximum atomic E-state index is 9.47. The maximum absolute atomic E-state index is 9.47. The third kappa shape index (κ3) is 3.17. The van der Waals surface area contributed by atoms with E-state index in [-0.39, 0.29) is 12.4 Å². The molecule has 4 nitrogen and oxygen atoms in total. The van der Waals surface area contributed by atoms with Gasteiger partial charge >= 0.3 is 0 Å². The molecule has 0 atom stereocenters. The van der Waals surface area contributed by atoms with Gasteiger partial charge in [-0.3, -0.25) is 0 Å². The Morgan fingerprint density at radius 3 is 2.53 bits per heavy atom. The molecule has 0 amide bonds. The highest BCUT2D eigenvalue weighted by Gasteiger charge is 2.01. The number of aliphatic hydroxyl groups excluding tert-OH is 1. The molecule has 2 aromatic carbocycles. The maximum Gasteiger partial charge on any atom is 0.121 e. The lowest BCUT2D eigenvalue weighted by atomic mass is 10.1. The lowest BCUT2D eigenvalue weighted by Crippen LogP contribution is -1.82. The second kappa shape index (κ2) is 5.63. The number of phenols is 1. The fourth-order valence-electron chi connectivity index (χ4n) is 1.70. The molecule has 0 aromatic heterocycles. The minimum atomic E-state index is -0.224. The molecule has 4 heteroatoms. The van der Waals surface area contributed by atoms with E-state index in [0.29, 0.717) is 11.3 Å². The van der Waals surface area contributed by atoms with Gasteiger partial charge in [0.1, 0.15) is 5.75 Å². The van der Waals surface area contributed by atoms with E-state index < -0.39 is 0 Å². The summed E-state index contributed by atoms with van der Waals surface area (Å²) >= 11 is 0. The van der Waals surface area contributed by atoms with E-state index in [1.54, 1.807) is 12.1 Å². The van der Waals surface area contributed by atoms with Crippen LogP contribution < -0.4 is 0 Å². The van der Waals surface area contributed by atoms with Crippen LogP contribution in [0.3, 0.4) is 0 Å². The summed E-state index contributed by atoms with van der Waals surface area (Å²) in [4.78, 5) is 0. The first kappa shape index (κ1) is 13.2. The highest BCUT2D eigenvalue weighted by molar-refractivity contribution is 5.49. The molecular formula is C15H16N2O2. The van der Waals surface area contributed by atoms with E-state index in [9.17, 15) is 5.11 Å². The minimum Gasteiger partial charge on any atom is -0.508 e. The molecule has 98 valence electrons. The molecule has 0 spiro atoms. The Bertz CT molecular complexity index is 622. The van der Waals surface area contributed by atoms with E-state index in [1.165, 1.54) is 6.07 Å². The predicted octanol–water partition coefficient (Wildman–Crippen LogP) is 3.92. The topological polar surface area (TPSA) is 65.2 Å². The van der Waals surface area contributed by atoms with E-state index in [2.05, 4.69) is 10.2 Å². The van der Waals surface area contributed by atoms with E-state index in [0.717, 1.165) is 16.8 Å². The van der Waals surface area contributed by atoms with Gasteiger partial charge in [-0.1, -0.05) is 12.1 Å². The third-order valence-corrected chi connectivity index (χ3v) is 2.87. The van der Waals surface area contributed by atoms with Crippen molar-refractivity contribution in [3.8, 4) is 5.75 Å². The van der Waals surface area contributed by atoms with E-state index in [4.69, 9.17) is 5.11 Å². The predicted molar refractivity (Wildman–Crippen MR) is 74.1 cm³/mol. The van der Waals surface area contributed by atoms with Gasteiger partial charge in [0.05, 0.1) is 18.0 Å². The van der Waals surface area contributed by atoms with Crippen molar-refractivity contribution in [3.05, 3.63) is 53.1 Å². The summed E-state index contributed by atoms with van der Waals surface area (Å²) in [5, 5.41) is 26.9. The van der Waals surface area contributed by atoms with Gasteiger partial charge in [-0.2, -0.15) is 10.2 Å². The summed E-state index contributed by atoms with van der Waals surface area (Å²) in [5.41, 5.74) is 4.04. The van der Waals surface area contributed by atoms with Crippen LogP contribution in [0.1, 0.15) is 16.7 Å². The second-order valence-electron chi connectivity index (χ2n) is 4.46. The van der Waals surface area contributed by atoms with Gasteiger partial charge in [0.2, 0.25) is 0 Å². The number of aromatic hydroxyl groups is 1. The van der Waals surface area contributed by atoms with Crippen molar-refractivity contribution in [1.29, 1.82) is 0 Å². The molecule has 0 aliphatic rings. The number of aryl methyl sites for hydroxylation is 2. The normalized spacial score (nSPS) is 11.1. The van der Waals surface area contributed by atoms with Crippen LogP contribution in [0.25, 0.3) is 0 Å². The Labute approximate surface area is 112 Å². The van der Waals surface area contributed by atoms with Crippen molar-refractivity contribution >= 4 is 11.4 Å². The molecule has 0 aliphatic carbocycles.